The van der Waals surface area contributed by atoms with Crippen LogP contribution in [0.15, 0.2) is 36.4 Å². The van der Waals surface area contributed by atoms with Gasteiger partial charge in [0.05, 0.1) is 6.04 Å². The number of aryl methyl sites for hydroxylation is 1. The van der Waals surface area contributed by atoms with E-state index < -0.39 is 6.04 Å². The van der Waals surface area contributed by atoms with E-state index in [1.54, 1.807) is 6.07 Å². The smallest absolute Gasteiger partial charge is 0.161 e. The van der Waals surface area contributed by atoms with E-state index >= 15 is 0 Å². The van der Waals surface area contributed by atoms with Gasteiger partial charge in [0, 0.05) is 5.56 Å². The lowest BCUT2D eigenvalue weighted by Crippen LogP contribution is -2.17. The molecule has 104 valence electrons. The summed E-state index contributed by atoms with van der Waals surface area (Å²) >= 11 is 0. The predicted molar refractivity (Wildman–Crippen MR) is 74.6 cm³/mol. The van der Waals surface area contributed by atoms with Gasteiger partial charge in [-0.25, -0.2) is 4.39 Å². The highest BCUT2D eigenvalue weighted by Gasteiger charge is 2.18. The molecular weight excluding hydrogens is 257 g/mol. The molecule has 2 aromatic rings. The van der Waals surface area contributed by atoms with Crippen LogP contribution in [0.25, 0.3) is 0 Å². The Kier molecular flexibility index (Phi) is 3.32. The highest BCUT2D eigenvalue weighted by molar-refractivity contribution is 5.46. The molecule has 1 atom stereocenters. The lowest BCUT2D eigenvalue weighted by molar-refractivity contribution is 0.171. The summed E-state index contributed by atoms with van der Waals surface area (Å²) in [5, 5.41) is 0. The van der Waals surface area contributed by atoms with Crippen LogP contribution in [0.2, 0.25) is 0 Å². The van der Waals surface area contributed by atoms with E-state index in [0.717, 1.165) is 11.1 Å². The predicted octanol–water partition coefficient (Wildman–Crippen LogP) is 2.95. The number of nitrogens with two attached hydrogens (primary N) is 1. The van der Waals surface area contributed by atoms with Gasteiger partial charge in [-0.2, -0.15) is 0 Å². The second-order valence-corrected chi connectivity index (χ2v) is 4.91. The van der Waals surface area contributed by atoms with Crippen molar-refractivity contribution < 1.29 is 13.9 Å². The summed E-state index contributed by atoms with van der Waals surface area (Å²) in [7, 11) is 0. The first-order valence-corrected chi connectivity index (χ1v) is 6.56. The molecule has 0 bridgehead atoms. The van der Waals surface area contributed by atoms with Gasteiger partial charge in [-0.3, -0.25) is 0 Å². The second kappa shape index (κ2) is 5.13. The molecule has 1 aliphatic heterocycles. The maximum absolute atomic E-state index is 14.0. The fraction of sp³-hybridized carbons (Fsp3) is 0.250. The van der Waals surface area contributed by atoms with Gasteiger partial charge in [-0.05, 0) is 36.2 Å². The van der Waals surface area contributed by atoms with Gasteiger partial charge in [0.25, 0.3) is 0 Å². The molecule has 0 fully saturated rings. The molecule has 1 aliphatic rings. The molecule has 2 aromatic carbocycles. The Morgan fingerprint density at radius 2 is 1.80 bits per heavy atom. The number of fused-ring (bicyclic) bond motifs is 1. The van der Waals surface area contributed by atoms with Crippen LogP contribution in [-0.4, -0.2) is 13.2 Å². The van der Waals surface area contributed by atoms with E-state index in [1.807, 2.05) is 31.2 Å². The van der Waals surface area contributed by atoms with E-state index in [4.69, 9.17) is 15.2 Å². The van der Waals surface area contributed by atoms with Crippen molar-refractivity contribution in [3.05, 3.63) is 58.9 Å². The van der Waals surface area contributed by atoms with Gasteiger partial charge in [0.1, 0.15) is 19.0 Å². The zero-order chi connectivity index (χ0) is 14.1. The van der Waals surface area contributed by atoms with Crippen LogP contribution < -0.4 is 15.2 Å². The van der Waals surface area contributed by atoms with E-state index in [1.165, 1.54) is 6.07 Å². The molecule has 0 amide bonds. The van der Waals surface area contributed by atoms with Crippen LogP contribution in [0.5, 0.6) is 11.5 Å². The third kappa shape index (κ3) is 2.34. The molecule has 0 saturated carbocycles. The standard InChI is InChI=1S/C16H16FNO2/c1-10-2-4-12(13(17)8-10)16(18)11-3-5-14-15(9-11)20-7-6-19-14/h2-5,8-9,16H,6-7,18H2,1H3. The topological polar surface area (TPSA) is 44.5 Å². The van der Waals surface area contributed by atoms with Crippen molar-refractivity contribution in [1.82, 2.24) is 0 Å². The van der Waals surface area contributed by atoms with Crippen molar-refractivity contribution in [2.75, 3.05) is 13.2 Å². The zero-order valence-electron chi connectivity index (χ0n) is 11.2. The van der Waals surface area contributed by atoms with E-state index in [-0.39, 0.29) is 5.82 Å². The number of benzene rings is 2. The Balaban J connectivity index is 1.95. The van der Waals surface area contributed by atoms with Gasteiger partial charge in [0.15, 0.2) is 11.5 Å². The van der Waals surface area contributed by atoms with Crippen molar-refractivity contribution in [3.63, 3.8) is 0 Å². The Hall–Kier alpha value is -2.07. The normalized spacial score (nSPS) is 14.9. The molecule has 2 N–H and O–H groups in total. The number of halogens is 1. The fourth-order valence-electron chi connectivity index (χ4n) is 2.32. The summed E-state index contributed by atoms with van der Waals surface area (Å²) in [6, 6.07) is 10.0. The largest absolute Gasteiger partial charge is 0.486 e. The number of rotatable bonds is 2. The van der Waals surface area contributed by atoms with Gasteiger partial charge >= 0.3 is 0 Å². The lowest BCUT2D eigenvalue weighted by atomic mass is 9.97. The van der Waals surface area contributed by atoms with Crippen molar-refractivity contribution in [3.8, 4) is 11.5 Å². The average Bonchev–Trinajstić information content (AvgIpc) is 2.46. The number of ether oxygens (including phenoxy) is 2. The summed E-state index contributed by atoms with van der Waals surface area (Å²) in [6.07, 6.45) is 0. The molecule has 0 aromatic heterocycles. The Morgan fingerprint density at radius 1 is 1.05 bits per heavy atom. The minimum atomic E-state index is -0.522. The third-order valence-electron chi connectivity index (χ3n) is 3.42. The second-order valence-electron chi connectivity index (χ2n) is 4.91. The molecule has 0 radical (unpaired) electrons. The quantitative estimate of drug-likeness (QED) is 0.915. The average molecular weight is 273 g/mol. The maximum atomic E-state index is 14.0. The maximum Gasteiger partial charge on any atom is 0.161 e. The van der Waals surface area contributed by atoms with Gasteiger partial charge in [0.2, 0.25) is 0 Å². The highest BCUT2D eigenvalue weighted by atomic mass is 19.1. The van der Waals surface area contributed by atoms with Crippen molar-refractivity contribution in [2.45, 2.75) is 13.0 Å². The Morgan fingerprint density at radius 3 is 2.55 bits per heavy atom. The summed E-state index contributed by atoms with van der Waals surface area (Å²) < 4.78 is 25.0. The zero-order valence-corrected chi connectivity index (χ0v) is 11.2. The Labute approximate surface area is 117 Å². The SMILES string of the molecule is Cc1ccc(C(N)c2ccc3c(c2)OCCO3)c(F)c1. The first kappa shape index (κ1) is 12.9. The van der Waals surface area contributed by atoms with Crippen molar-refractivity contribution >= 4 is 0 Å². The summed E-state index contributed by atoms with van der Waals surface area (Å²) in [5.74, 6) is 1.08. The molecule has 4 heteroatoms. The number of hydrogen-bond acceptors (Lipinski definition) is 3. The number of hydrogen-bond donors (Lipinski definition) is 1. The van der Waals surface area contributed by atoms with Crippen LogP contribution in [0.3, 0.4) is 0 Å². The molecular formula is C16H16FNO2. The molecule has 0 spiro atoms. The molecule has 3 rings (SSSR count). The van der Waals surface area contributed by atoms with Crippen LogP contribution >= 0.6 is 0 Å². The summed E-state index contributed by atoms with van der Waals surface area (Å²) in [6.45, 7) is 2.91. The Bertz CT molecular complexity index is 642. The first-order chi connectivity index (χ1) is 9.65. The van der Waals surface area contributed by atoms with Gasteiger partial charge in [-0.1, -0.05) is 18.2 Å². The van der Waals surface area contributed by atoms with Crippen LogP contribution in [0, 0.1) is 12.7 Å². The first-order valence-electron chi connectivity index (χ1n) is 6.56. The monoisotopic (exact) mass is 273 g/mol. The lowest BCUT2D eigenvalue weighted by Gasteiger charge is -2.21. The van der Waals surface area contributed by atoms with E-state index in [0.29, 0.717) is 30.3 Å². The minimum Gasteiger partial charge on any atom is -0.486 e. The van der Waals surface area contributed by atoms with Crippen molar-refractivity contribution in [2.24, 2.45) is 5.73 Å². The van der Waals surface area contributed by atoms with Crippen LogP contribution in [0.1, 0.15) is 22.7 Å². The molecule has 20 heavy (non-hydrogen) atoms. The van der Waals surface area contributed by atoms with Crippen LogP contribution in [0.4, 0.5) is 4.39 Å². The molecule has 0 aliphatic carbocycles. The van der Waals surface area contributed by atoms with Gasteiger partial charge < -0.3 is 15.2 Å². The molecule has 3 nitrogen and oxygen atoms in total. The molecule has 1 unspecified atom stereocenters. The van der Waals surface area contributed by atoms with Crippen molar-refractivity contribution in [1.29, 1.82) is 0 Å². The molecule has 1 heterocycles. The van der Waals surface area contributed by atoms with E-state index in [2.05, 4.69) is 0 Å². The van der Waals surface area contributed by atoms with Crippen LogP contribution in [-0.2, 0) is 0 Å². The third-order valence-corrected chi connectivity index (χ3v) is 3.42. The van der Waals surface area contributed by atoms with E-state index in [9.17, 15) is 4.39 Å². The summed E-state index contributed by atoms with van der Waals surface area (Å²) in [4.78, 5) is 0. The molecule has 0 saturated heterocycles. The minimum absolute atomic E-state index is 0.285. The highest BCUT2D eigenvalue weighted by Crippen LogP contribution is 2.34. The summed E-state index contributed by atoms with van der Waals surface area (Å²) in [5.41, 5.74) is 8.32. The van der Waals surface area contributed by atoms with Gasteiger partial charge in [-0.15, -0.1) is 0 Å². The fourth-order valence-corrected chi connectivity index (χ4v) is 2.32.